The van der Waals surface area contributed by atoms with Crippen LogP contribution in [0, 0.1) is 12.8 Å². The Morgan fingerprint density at radius 3 is 2.62 bits per heavy atom. The lowest BCUT2D eigenvalue weighted by molar-refractivity contribution is -0.0603. The molecule has 3 aliphatic heterocycles. The molecule has 3 aliphatic rings. The van der Waals surface area contributed by atoms with Crippen molar-refractivity contribution in [3.8, 4) is 0 Å². The van der Waals surface area contributed by atoms with Crippen LogP contribution >= 0.6 is 7.82 Å². The molecule has 3 saturated heterocycles. The summed E-state index contributed by atoms with van der Waals surface area (Å²) in [6.45, 7) is 0.621. The van der Waals surface area contributed by atoms with E-state index < -0.39 is 86.3 Å². The van der Waals surface area contributed by atoms with Crippen LogP contribution in [-0.2, 0) is 27.6 Å². The molecule has 0 aromatic carbocycles. The third-order valence-corrected chi connectivity index (χ3v) is 8.73. The van der Waals surface area contributed by atoms with E-state index >= 15 is 0 Å². The molecule has 0 spiro atoms. The lowest BCUT2D eigenvalue weighted by atomic mass is 9.93. The van der Waals surface area contributed by atoms with Gasteiger partial charge in [0.25, 0.3) is 11.1 Å². The summed E-state index contributed by atoms with van der Waals surface area (Å²) >= 11 is 0. The van der Waals surface area contributed by atoms with E-state index in [2.05, 4.69) is 9.97 Å². The maximum absolute atomic E-state index is 13.7. The number of aliphatic hydroxyl groups excluding tert-OH is 2. The fraction of sp³-hybridized carbons (Fsp3) is 0.652. The van der Waals surface area contributed by atoms with E-state index in [-0.39, 0.29) is 18.6 Å². The number of aliphatic hydroxyl groups is 2. The number of phosphoric ester groups is 1. The van der Waals surface area contributed by atoms with Crippen LogP contribution in [0.2, 0.25) is 0 Å². The molecule has 2 aromatic rings. The molecular formula is C23H31N4O12P. The minimum absolute atomic E-state index is 0.00611. The lowest BCUT2D eigenvalue weighted by Gasteiger charge is -2.27. The summed E-state index contributed by atoms with van der Waals surface area (Å²) in [7, 11) is -4.31. The maximum atomic E-state index is 13.7. The number of H-pyrrole nitrogens is 2. The summed E-state index contributed by atoms with van der Waals surface area (Å²) in [6, 6.07) is 1.17. The molecule has 2 aromatic heterocycles. The Bertz CT molecular complexity index is 1500. The van der Waals surface area contributed by atoms with Gasteiger partial charge in [0.1, 0.15) is 30.8 Å². The first kappa shape index (κ1) is 28.8. The van der Waals surface area contributed by atoms with Crippen LogP contribution in [0.1, 0.15) is 43.7 Å². The van der Waals surface area contributed by atoms with E-state index in [0.717, 1.165) is 4.57 Å². The molecule has 8 atom stereocenters. The van der Waals surface area contributed by atoms with Crippen molar-refractivity contribution in [3.05, 3.63) is 65.7 Å². The molecule has 16 nitrogen and oxygen atoms in total. The predicted octanol–water partition coefficient (Wildman–Crippen LogP) is -0.740. The van der Waals surface area contributed by atoms with Crippen LogP contribution in [0.4, 0.5) is 0 Å². The lowest BCUT2D eigenvalue weighted by Crippen LogP contribution is -2.35. The van der Waals surface area contributed by atoms with Gasteiger partial charge in [-0.2, -0.15) is 0 Å². The summed E-state index contributed by atoms with van der Waals surface area (Å²) in [5.74, 6) is -0.549. The minimum Gasteiger partial charge on any atom is -0.394 e. The summed E-state index contributed by atoms with van der Waals surface area (Å²) < 4.78 is 44.7. The van der Waals surface area contributed by atoms with Crippen LogP contribution in [-0.4, -0.2) is 73.6 Å². The SMILES string of the molecule is Cc1cn([C@H]2C[C@H](O)[C@@H](CO[P@@]3(=O)OCCCC[C@@H]4[C@H](O3)[C@@H](CO)O[C@H]4n3ccc(=O)[nH]c3=O)O2)c(=O)[nH]c1=O. The molecule has 3 fully saturated rings. The number of hydrogen-bond donors (Lipinski definition) is 4. The Labute approximate surface area is 226 Å². The van der Waals surface area contributed by atoms with Gasteiger partial charge < -0.3 is 19.7 Å². The van der Waals surface area contributed by atoms with Gasteiger partial charge in [0.2, 0.25) is 0 Å². The van der Waals surface area contributed by atoms with E-state index in [0.29, 0.717) is 19.3 Å². The van der Waals surface area contributed by atoms with E-state index in [4.69, 9.17) is 23.0 Å². The number of rotatable bonds is 6. The molecule has 17 heteroatoms. The summed E-state index contributed by atoms with van der Waals surface area (Å²) in [5, 5.41) is 20.6. The maximum Gasteiger partial charge on any atom is 0.475 e. The van der Waals surface area contributed by atoms with Gasteiger partial charge in [0.15, 0.2) is 0 Å². The van der Waals surface area contributed by atoms with Gasteiger partial charge in [-0.1, -0.05) is 6.42 Å². The fourth-order valence-electron chi connectivity index (χ4n) is 5.20. The predicted molar refractivity (Wildman–Crippen MR) is 135 cm³/mol. The molecule has 0 aliphatic carbocycles. The monoisotopic (exact) mass is 586 g/mol. The second-order valence-corrected chi connectivity index (χ2v) is 11.6. The van der Waals surface area contributed by atoms with Crippen LogP contribution < -0.4 is 22.5 Å². The van der Waals surface area contributed by atoms with E-state index in [1.807, 2.05) is 0 Å². The topological polar surface area (TPSA) is 213 Å². The summed E-state index contributed by atoms with van der Waals surface area (Å²) in [4.78, 5) is 52.3. The number of aromatic amines is 2. The smallest absolute Gasteiger partial charge is 0.394 e. The Morgan fingerprint density at radius 2 is 1.88 bits per heavy atom. The van der Waals surface area contributed by atoms with Crippen molar-refractivity contribution >= 4 is 7.82 Å². The van der Waals surface area contributed by atoms with Crippen molar-refractivity contribution < 1.29 is 37.8 Å². The van der Waals surface area contributed by atoms with E-state index in [1.165, 1.54) is 30.0 Å². The molecule has 0 unspecified atom stereocenters. The first-order chi connectivity index (χ1) is 19.1. The molecule has 0 saturated carbocycles. The van der Waals surface area contributed by atoms with Crippen LogP contribution in [0.25, 0.3) is 0 Å². The van der Waals surface area contributed by atoms with Crippen molar-refractivity contribution in [3.63, 3.8) is 0 Å². The van der Waals surface area contributed by atoms with Gasteiger partial charge >= 0.3 is 19.2 Å². The Balaban J connectivity index is 1.32. The van der Waals surface area contributed by atoms with Crippen molar-refractivity contribution in [1.82, 2.24) is 19.1 Å². The molecule has 40 heavy (non-hydrogen) atoms. The number of aromatic nitrogens is 4. The second-order valence-electron chi connectivity index (χ2n) is 9.98. The standard InChI is InChI=1S/C23H31N4O12P/c1-12-9-27(23(33)25-20(12)31)18-8-14(29)16(37-18)11-36-40(34)35-7-3-2-4-13-19(39-40)15(10-28)38-21(13)26-6-5-17(30)24-22(26)32/h5-6,9,13-16,18-19,21,28-29H,2-4,7-8,10-11H2,1H3,(H,24,30,32)(H,25,31,33)/t13-,14+,15-,16-,18-,19+,21-,40-/m1/s1. The van der Waals surface area contributed by atoms with Gasteiger partial charge in [-0.05, 0) is 19.8 Å². The molecule has 5 heterocycles. The number of phosphoric acid groups is 1. The number of nitrogens with zero attached hydrogens (tertiary/aromatic N) is 2. The molecule has 0 radical (unpaired) electrons. The van der Waals surface area contributed by atoms with Gasteiger partial charge in [-0.3, -0.25) is 42.3 Å². The van der Waals surface area contributed by atoms with Gasteiger partial charge in [0.05, 0.1) is 25.9 Å². The van der Waals surface area contributed by atoms with Gasteiger partial charge in [-0.25, -0.2) is 14.2 Å². The fourth-order valence-corrected chi connectivity index (χ4v) is 6.67. The zero-order valence-electron chi connectivity index (χ0n) is 21.5. The first-order valence-corrected chi connectivity index (χ1v) is 14.4. The summed E-state index contributed by atoms with van der Waals surface area (Å²) in [6.07, 6.45) is -1.74. The second kappa shape index (κ2) is 11.7. The van der Waals surface area contributed by atoms with E-state index in [1.54, 1.807) is 0 Å². The van der Waals surface area contributed by atoms with Crippen LogP contribution in [0.5, 0.6) is 0 Å². The quantitative estimate of drug-likeness (QED) is 0.308. The zero-order chi connectivity index (χ0) is 28.6. The van der Waals surface area contributed by atoms with Crippen LogP contribution in [0.15, 0.2) is 37.6 Å². The number of hydrogen-bond acceptors (Lipinski definition) is 12. The Kier molecular flexibility index (Phi) is 8.40. The van der Waals surface area contributed by atoms with Crippen molar-refractivity contribution in [2.24, 2.45) is 5.92 Å². The first-order valence-electron chi connectivity index (χ1n) is 12.9. The minimum atomic E-state index is -4.31. The molecule has 0 amide bonds. The average molecular weight is 586 g/mol. The normalized spacial score (nSPS) is 34.6. The van der Waals surface area contributed by atoms with E-state index in [9.17, 15) is 34.0 Å². The zero-order valence-corrected chi connectivity index (χ0v) is 22.4. The molecule has 220 valence electrons. The average Bonchev–Trinajstić information content (AvgIpc) is 3.45. The molecule has 5 rings (SSSR count). The highest BCUT2D eigenvalue weighted by Gasteiger charge is 2.50. The van der Waals surface area contributed by atoms with Crippen molar-refractivity contribution in [2.45, 2.75) is 69.5 Å². The Morgan fingerprint density at radius 1 is 1.10 bits per heavy atom. The third-order valence-electron chi connectivity index (χ3n) is 7.26. The number of ether oxygens (including phenoxy) is 2. The van der Waals surface area contributed by atoms with Gasteiger partial charge in [-0.15, -0.1) is 0 Å². The van der Waals surface area contributed by atoms with Gasteiger partial charge in [0, 0.05) is 36.4 Å². The largest absolute Gasteiger partial charge is 0.475 e. The van der Waals surface area contributed by atoms with Crippen molar-refractivity contribution in [2.75, 3.05) is 19.8 Å². The highest BCUT2D eigenvalue weighted by Crippen LogP contribution is 2.56. The highest BCUT2D eigenvalue weighted by molar-refractivity contribution is 7.48. The van der Waals surface area contributed by atoms with Crippen molar-refractivity contribution in [1.29, 1.82) is 0 Å². The number of nitrogens with one attached hydrogen (secondary N) is 2. The number of fused-ring (bicyclic) bond motifs is 1. The third kappa shape index (κ3) is 5.85. The molecule has 4 N–H and O–H groups in total. The summed E-state index contributed by atoms with van der Waals surface area (Å²) in [5.41, 5.74) is -2.24. The Hall–Kier alpha value is -2.69. The molecular weight excluding hydrogens is 555 g/mol. The molecule has 0 bridgehead atoms. The van der Waals surface area contributed by atoms with Crippen LogP contribution in [0.3, 0.4) is 0 Å². The number of aryl methyl sites for hydroxylation is 1. The highest BCUT2D eigenvalue weighted by atomic mass is 31.2.